The highest BCUT2D eigenvalue weighted by atomic mass is 19.3. The summed E-state index contributed by atoms with van der Waals surface area (Å²) in [6.45, 7) is 0. The average molecular weight is 216 g/mol. The lowest BCUT2D eigenvalue weighted by Crippen LogP contribution is -2.02. The molecule has 0 spiro atoms. The molecule has 80 valence electrons. The van der Waals surface area contributed by atoms with E-state index >= 15 is 0 Å². The van der Waals surface area contributed by atoms with Gasteiger partial charge in [-0.15, -0.1) is 0 Å². The second-order valence-electron chi connectivity index (χ2n) is 2.65. The van der Waals surface area contributed by atoms with Crippen molar-refractivity contribution in [2.24, 2.45) is 0 Å². The van der Waals surface area contributed by atoms with E-state index in [1.807, 2.05) is 0 Å². The number of nitriles is 1. The minimum atomic E-state index is -2.86. The lowest BCUT2D eigenvalue weighted by atomic mass is 10.1. The van der Waals surface area contributed by atoms with Crippen molar-refractivity contribution in [1.82, 2.24) is 4.98 Å². The number of hydrogen-bond acceptors (Lipinski definition) is 3. The third-order valence-corrected chi connectivity index (χ3v) is 1.73. The van der Waals surface area contributed by atoms with Crippen LogP contribution in [0.2, 0.25) is 0 Å². The Kier molecular flexibility index (Phi) is 3.50. The molecule has 0 radical (unpaired) electrons. The molecule has 0 N–H and O–H groups in total. The Morgan fingerprint density at radius 3 is 2.73 bits per heavy atom. The van der Waals surface area contributed by atoms with E-state index in [9.17, 15) is 13.2 Å². The van der Waals surface area contributed by atoms with Gasteiger partial charge in [-0.1, -0.05) is 0 Å². The van der Waals surface area contributed by atoms with Gasteiger partial charge in [-0.25, -0.2) is 18.2 Å². The summed E-state index contributed by atoms with van der Waals surface area (Å²) in [4.78, 5) is 3.50. The van der Waals surface area contributed by atoms with Crippen molar-refractivity contribution >= 4 is 0 Å². The van der Waals surface area contributed by atoms with Crippen LogP contribution in [0.4, 0.5) is 13.2 Å². The Bertz CT molecular complexity index is 401. The topological polar surface area (TPSA) is 45.9 Å². The number of rotatable bonds is 3. The van der Waals surface area contributed by atoms with Crippen LogP contribution in [0.5, 0.6) is 5.88 Å². The molecule has 1 rings (SSSR count). The molecule has 1 aromatic rings. The molecule has 0 bridgehead atoms. The lowest BCUT2D eigenvalue weighted by Gasteiger charge is -2.08. The van der Waals surface area contributed by atoms with Crippen LogP contribution >= 0.6 is 0 Å². The average Bonchev–Trinajstić information content (AvgIpc) is 2.20. The molecule has 0 saturated carbocycles. The number of pyridine rings is 1. The quantitative estimate of drug-likeness (QED) is 0.778. The summed E-state index contributed by atoms with van der Waals surface area (Å²) < 4.78 is 42.4. The first kappa shape index (κ1) is 11.3. The van der Waals surface area contributed by atoms with Crippen molar-refractivity contribution in [3.8, 4) is 11.9 Å². The molecule has 0 saturated heterocycles. The molecule has 1 heterocycles. The molecule has 0 aliphatic heterocycles. The van der Waals surface area contributed by atoms with E-state index in [1.54, 1.807) is 6.07 Å². The minimum absolute atomic E-state index is 0.161. The lowest BCUT2D eigenvalue weighted by molar-refractivity contribution is 0.149. The Morgan fingerprint density at radius 2 is 2.27 bits per heavy atom. The van der Waals surface area contributed by atoms with Crippen molar-refractivity contribution in [3.63, 3.8) is 0 Å². The fourth-order valence-corrected chi connectivity index (χ4v) is 1.07. The molecule has 0 fully saturated rings. The van der Waals surface area contributed by atoms with Gasteiger partial charge in [0.05, 0.1) is 25.3 Å². The van der Waals surface area contributed by atoms with Crippen molar-refractivity contribution in [2.75, 3.05) is 7.11 Å². The van der Waals surface area contributed by atoms with E-state index < -0.39 is 17.8 Å². The minimum Gasteiger partial charge on any atom is -0.479 e. The fourth-order valence-electron chi connectivity index (χ4n) is 1.07. The summed E-state index contributed by atoms with van der Waals surface area (Å²) in [7, 11) is 1.17. The molecule has 0 aliphatic rings. The zero-order valence-corrected chi connectivity index (χ0v) is 7.80. The molecule has 0 aromatic carbocycles. The molecule has 15 heavy (non-hydrogen) atoms. The highest BCUT2D eigenvalue weighted by Crippen LogP contribution is 2.26. The van der Waals surface area contributed by atoms with Crippen molar-refractivity contribution in [3.05, 3.63) is 23.1 Å². The van der Waals surface area contributed by atoms with Crippen LogP contribution in [0.3, 0.4) is 0 Å². The largest absolute Gasteiger partial charge is 0.479 e. The molecule has 0 aliphatic carbocycles. The second kappa shape index (κ2) is 4.64. The van der Waals surface area contributed by atoms with Gasteiger partial charge in [0.15, 0.2) is 5.82 Å². The van der Waals surface area contributed by atoms with Gasteiger partial charge in [0.1, 0.15) is 0 Å². The van der Waals surface area contributed by atoms with Crippen LogP contribution in [-0.2, 0) is 6.42 Å². The summed E-state index contributed by atoms with van der Waals surface area (Å²) in [5, 5.41) is 8.39. The number of ether oxygens (including phenoxy) is 1. The van der Waals surface area contributed by atoms with Gasteiger partial charge in [-0.3, -0.25) is 0 Å². The molecule has 0 amide bonds. The third-order valence-electron chi connectivity index (χ3n) is 1.73. The Balaban J connectivity index is 3.26. The Hall–Kier alpha value is -1.77. The smallest absolute Gasteiger partial charge is 0.265 e. The van der Waals surface area contributed by atoms with Gasteiger partial charge in [0.2, 0.25) is 5.88 Å². The van der Waals surface area contributed by atoms with E-state index in [4.69, 9.17) is 5.26 Å². The van der Waals surface area contributed by atoms with E-state index in [1.165, 1.54) is 7.11 Å². The first-order valence-corrected chi connectivity index (χ1v) is 3.98. The normalized spacial score (nSPS) is 10.1. The highest BCUT2D eigenvalue weighted by Gasteiger charge is 2.18. The zero-order valence-electron chi connectivity index (χ0n) is 7.80. The van der Waals surface area contributed by atoms with Gasteiger partial charge in [0.25, 0.3) is 6.43 Å². The molecule has 6 heteroatoms. The van der Waals surface area contributed by atoms with E-state index in [0.29, 0.717) is 6.07 Å². The number of halogens is 3. The summed E-state index contributed by atoms with van der Waals surface area (Å²) >= 11 is 0. The number of methoxy groups -OCH3 is 1. The Labute approximate surface area is 84.1 Å². The van der Waals surface area contributed by atoms with Crippen molar-refractivity contribution < 1.29 is 17.9 Å². The zero-order chi connectivity index (χ0) is 11.4. The number of hydrogen-bond donors (Lipinski definition) is 0. The Morgan fingerprint density at radius 1 is 1.60 bits per heavy atom. The van der Waals surface area contributed by atoms with E-state index in [0.717, 1.165) is 0 Å². The van der Waals surface area contributed by atoms with Gasteiger partial charge in [0, 0.05) is 5.56 Å². The number of nitrogens with zero attached hydrogens (tertiary/aromatic N) is 2. The summed E-state index contributed by atoms with van der Waals surface area (Å²) in [5.41, 5.74) is -0.736. The maximum atomic E-state index is 13.0. The van der Waals surface area contributed by atoms with E-state index in [-0.39, 0.29) is 18.0 Å². The second-order valence-corrected chi connectivity index (χ2v) is 2.65. The van der Waals surface area contributed by atoms with Crippen LogP contribution < -0.4 is 4.74 Å². The molecule has 1 aromatic heterocycles. The first-order chi connectivity index (χ1) is 7.10. The molecular formula is C9H7F3N2O. The summed E-state index contributed by atoms with van der Waals surface area (Å²) in [6, 6.07) is 2.32. The van der Waals surface area contributed by atoms with Gasteiger partial charge >= 0.3 is 0 Å². The fraction of sp³-hybridized carbons (Fsp3) is 0.333. The number of aromatic nitrogens is 1. The molecule has 0 atom stereocenters. The summed E-state index contributed by atoms with van der Waals surface area (Å²) in [6.07, 6.45) is -3.17. The van der Waals surface area contributed by atoms with Gasteiger partial charge < -0.3 is 4.74 Å². The van der Waals surface area contributed by atoms with Crippen molar-refractivity contribution in [2.45, 2.75) is 12.8 Å². The van der Waals surface area contributed by atoms with Gasteiger partial charge in [-0.05, 0) is 6.07 Å². The first-order valence-electron chi connectivity index (χ1n) is 3.98. The standard InChI is InChI=1S/C9H7F3N2O/c1-15-9-6(10)4-5(8(11)12)7(14-9)2-3-13/h4,8H,2H2,1H3. The summed E-state index contributed by atoms with van der Waals surface area (Å²) in [5.74, 6) is -1.35. The SMILES string of the molecule is COc1nc(CC#N)c(C(F)F)cc1F. The van der Waals surface area contributed by atoms with Crippen molar-refractivity contribution in [1.29, 1.82) is 5.26 Å². The predicted octanol–water partition coefficient (Wildman–Crippen LogP) is 2.23. The highest BCUT2D eigenvalue weighted by molar-refractivity contribution is 5.30. The molecule has 3 nitrogen and oxygen atoms in total. The predicted molar refractivity (Wildman–Crippen MR) is 45.0 cm³/mol. The van der Waals surface area contributed by atoms with Crippen LogP contribution in [0.1, 0.15) is 17.7 Å². The van der Waals surface area contributed by atoms with Gasteiger partial charge in [-0.2, -0.15) is 5.26 Å². The number of alkyl halides is 2. The van der Waals surface area contributed by atoms with Crippen LogP contribution in [0, 0.1) is 17.1 Å². The molecule has 0 unspecified atom stereocenters. The monoisotopic (exact) mass is 216 g/mol. The maximum absolute atomic E-state index is 13.0. The van der Waals surface area contributed by atoms with Crippen LogP contribution in [0.25, 0.3) is 0 Å². The van der Waals surface area contributed by atoms with Crippen LogP contribution in [0.15, 0.2) is 6.07 Å². The van der Waals surface area contributed by atoms with Crippen LogP contribution in [-0.4, -0.2) is 12.1 Å². The molecular weight excluding hydrogens is 209 g/mol. The maximum Gasteiger partial charge on any atom is 0.265 e. The third kappa shape index (κ3) is 2.37. The van der Waals surface area contributed by atoms with E-state index in [2.05, 4.69) is 9.72 Å².